The molecule has 0 bridgehead atoms. The van der Waals surface area contributed by atoms with Crippen molar-refractivity contribution in [2.24, 2.45) is 0 Å². The second-order valence-electron chi connectivity index (χ2n) is 13.5. The standard InChI is InChI=1S/C52H44N2O4/c1-37-35-38(2)42(14-8-40-11-17-44(18-12-40)54(47-23-31-51(57-5)32-24-47)48-25-33-52(58-6)34-26-48)36-41(37)13-7-39-9-15-43(16-10-39)53(45-19-27-49(55-3)28-20-45)46-21-29-50(56-4)30-22-46/h9-12,15-36H,1-6H3/q+1. The van der Waals surface area contributed by atoms with E-state index in [1.807, 2.05) is 97.1 Å². The van der Waals surface area contributed by atoms with Gasteiger partial charge in [-0.15, -0.1) is 0 Å². The van der Waals surface area contributed by atoms with E-state index < -0.39 is 0 Å². The van der Waals surface area contributed by atoms with E-state index in [0.717, 1.165) is 90.5 Å². The van der Waals surface area contributed by atoms with Gasteiger partial charge in [0.15, 0.2) is 17.1 Å². The minimum atomic E-state index is 0.803. The summed E-state index contributed by atoms with van der Waals surface area (Å²) in [6.45, 7) is 4.18. The van der Waals surface area contributed by atoms with Gasteiger partial charge in [0.2, 0.25) is 0 Å². The predicted octanol–water partition coefficient (Wildman–Crippen LogP) is 12.0. The zero-order chi connectivity index (χ0) is 40.4. The molecule has 0 fully saturated rings. The SMILES string of the molecule is COc1ccc(N(c2ccc(C#Cc3cc(C#Cc4ccc([N+](c5ccc(OC)cc5)c5ccc(OC)cc5)cc4)c(C)cc3C)cc2)c2ccc(OC)cc2)cc1. The third-order valence-corrected chi connectivity index (χ3v) is 9.83. The Morgan fingerprint density at radius 3 is 1.00 bits per heavy atom. The number of aryl methyl sites for hydroxylation is 2. The van der Waals surface area contributed by atoms with E-state index in [1.54, 1.807) is 28.4 Å². The zero-order valence-corrected chi connectivity index (χ0v) is 33.5. The van der Waals surface area contributed by atoms with Crippen molar-refractivity contribution >= 4 is 34.1 Å². The molecule has 0 unspecified atom stereocenters. The van der Waals surface area contributed by atoms with Crippen molar-refractivity contribution in [2.45, 2.75) is 13.8 Å². The molecule has 0 aliphatic heterocycles. The third-order valence-electron chi connectivity index (χ3n) is 9.83. The molecule has 6 heteroatoms. The zero-order valence-electron chi connectivity index (χ0n) is 33.5. The normalized spacial score (nSPS) is 10.5. The molecule has 7 rings (SSSR count). The van der Waals surface area contributed by atoms with Crippen molar-refractivity contribution in [3.63, 3.8) is 0 Å². The highest BCUT2D eigenvalue weighted by atomic mass is 16.5. The van der Waals surface area contributed by atoms with Crippen LogP contribution in [0.15, 0.2) is 158 Å². The van der Waals surface area contributed by atoms with Crippen LogP contribution in [0.25, 0.3) is 0 Å². The average Bonchev–Trinajstić information content (AvgIpc) is 3.27. The minimum absolute atomic E-state index is 0.803. The lowest BCUT2D eigenvalue weighted by molar-refractivity contribution is 0.414. The van der Waals surface area contributed by atoms with Crippen LogP contribution in [0.3, 0.4) is 0 Å². The Bertz CT molecular complexity index is 2320. The molecular weight excluding hydrogens is 717 g/mol. The summed E-state index contributed by atoms with van der Waals surface area (Å²) in [5.41, 5.74) is 12.0. The van der Waals surface area contributed by atoms with Crippen molar-refractivity contribution in [2.75, 3.05) is 33.3 Å². The van der Waals surface area contributed by atoms with Crippen LogP contribution in [0.4, 0.5) is 34.1 Å². The molecule has 0 spiro atoms. The Balaban J connectivity index is 1.12. The van der Waals surface area contributed by atoms with Gasteiger partial charge in [0.25, 0.3) is 0 Å². The topological polar surface area (TPSA) is 46.1 Å². The molecule has 0 aromatic heterocycles. The molecule has 0 saturated carbocycles. The maximum Gasteiger partial charge on any atom is 0.192 e. The molecule has 7 aromatic carbocycles. The van der Waals surface area contributed by atoms with Crippen LogP contribution in [0.5, 0.6) is 23.0 Å². The summed E-state index contributed by atoms with van der Waals surface area (Å²) in [7, 11) is 6.69. The van der Waals surface area contributed by atoms with Gasteiger partial charge in [-0.25, -0.2) is 0 Å². The van der Waals surface area contributed by atoms with Crippen molar-refractivity contribution in [1.29, 1.82) is 0 Å². The van der Waals surface area contributed by atoms with Gasteiger partial charge in [-0.3, -0.25) is 0 Å². The number of rotatable bonds is 10. The summed E-state index contributed by atoms with van der Waals surface area (Å²) in [6.07, 6.45) is 0. The fourth-order valence-corrected chi connectivity index (χ4v) is 6.61. The highest BCUT2D eigenvalue weighted by molar-refractivity contribution is 5.77. The highest BCUT2D eigenvalue weighted by Crippen LogP contribution is 2.37. The second kappa shape index (κ2) is 18.0. The molecule has 0 heterocycles. The predicted molar refractivity (Wildman–Crippen MR) is 236 cm³/mol. The molecule has 6 nitrogen and oxygen atoms in total. The van der Waals surface area contributed by atoms with E-state index in [-0.39, 0.29) is 0 Å². The molecule has 58 heavy (non-hydrogen) atoms. The number of hydrogen-bond acceptors (Lipinski definition) is 6. The van der Waals surface area contributed by atoms with E-state index in [2.05, 4.69) is 108 Å². The number of anilines is 6. The lowest BCUT2D eigenvalue weighted by atomic mass is 9.99. The summed E-state index contributed by atoms with van der Waals surface area (Å²) in [5, 5.41) is 0. The third kappa shape index (κ3) is 9.01. The van der Waals surface area contributed by atoms with Crippen molar-refractivity contribution in [3.05, 3.63) is 191 Å². The Labute approximate surface area is 341 Å². The average molecular weight is 761 g/mol. The molecule has 0 N–H and O–H groups in total. The Hall–Kier alpha value is -7.38. The molecule has 0 aliphatic carbocycles. The number of benzene rings is 7. The first kappa shape index (κ1) is 38.9. The highest BCUT2D eigenvalue weighted by Gasteiger charge is 2.26. The number of hydrogen-bond donors (Lipinski definition) is 0. The van der Waals surface area contributed by atoms with Crippen LogP contribution in [0.1, 0.15) is 33.4 Å². The van der Waals surface area contributed by atoms with Crippen LogP contribution < -0.4 is 28.7 Å². The number of ether oxygens (including phenoxy) is 4. The summed E-state index contributed by atoms with van der Waals surface area (Å²) in [5.74, 6) is 16.8. The lowest BCUT2D eigenvalue weighted by Gasteiger charge is -2.25. The van der Waals surface area contributed by atoms with Crippen molar-refractivity contribution in [1.82, 2.24) is 4.90 Å². The van der Waals surface area contributed by atoms with Gasteiger partial charge in [0.05, 0.1) is 28.4 Å². The van der Waals surface area contributed by atoms with E-state index in [0.29, 0.717) is 0 Å². The van der Waals surface area contributed by atoms with Gasteiger partial charge < -0.3 is 23.8 Å². The Kier molecular flexibility index (Phi) is 12.1. The summed E-state index contributed by atoms with van der Waals surface area (Å²) in [6, 6.07) is 53.0. The van der Waals surface area contributed by atoms with E-state index in [9.17, 15) is 0 Å². The first-order valence-corrected chi connectivity index (χ1v) is 18.9. The molecule has 0 aliphatic rings. The van der Waals surface area contributed by atoms with Crippen molar-refractivity contribution < 1.29 is 18.9 Å². The van der Waals surface area contributed by atoms with Crippen LogP contribution in [0.2, 0.25) is 0 Å². The van der Waals surface area contributed by atoms with Crippen LogP contribution in [-0.2, 0) is 0 Å². The first-order valence-electron chi connectivity index (χ1n) is 18.9. The molecule has 1 radical (unpaired) electrons. The molecular formula is C52H44N2O4+. The van der Waals surface area contributed by atoms with Gasteiger partial charge in [0, 0.05) is 75.7 Å². The smallest absolute Gasteiger partial charge is 0.192 e. The minimum Gasteiger partial charge on any atom is -0.497 e. The van der Waals surface area contributed by atoms with Crippen molar-refractivity contribution in [3.8, 4) is 46.7 Å². The quantitative estimate of drug-likeness (QED) is 0.103. The van der Waals surface area contributed by atoms with Gasteiger partial charge in [-0.05, 0) is 140 Å². The fourth-order valence-electron chi connectivity index (χ4n) is 6.61. The Morgan fingerprint density at radius 2 is 0.655 bits per heavy atom. The van der Waals surface area contributed by atoms with Gasteiger partial charge >= 0.3 is 0 Å². The largest absolute Gasteiger partial charge is 0.497 e. The maximum atomic E-state index is 5.41. The summed E-state index contributed by atoms with van der Waals surface area (Å²) >= 11 is 0. The molecule has 0 saturated heterocycles. The van der Waals surface area contributed by atoms with Crippen LogP contribution >= 0.6 is 0 Å². The number of nitrogens with zero attached hydrogens (tertiary/aromatic N) is 2. The fraction of sp³-hybridized carbons (Fsp3) is 0.115. The van der Waals surface area contributed by atoms with E-state index in [4.69, 9.17) is 18.9 Å². The van der Waals surface area contributed by atoms with E-state index in [1.165, 1.54) is 0 Å². The Morgan fingerprint density at radius 1 is 0.362 bits per heavy atom. The molecule has 285 valence electrons. The van der Waals surface area contributed by atoms with E-state index >= 15 is 0 Å². The molecule has 0 amide bonds. The van der Waals surface area contributed by atoms with Gasteiger partial charge in [0.1, 0.15) is 23.0 Å². The van der Waals surface area contributed by atoms with Gasteiger partial charge in [-0.1, -0.05) is 34.6 Å². The van der Waals surface area contributed by atoms with Gasteiger partial charge in [-0.2, -0.15) is 0 Å². The first-order chi connectivity index (χ1) is 28.3. The maximum absolute atomic E-state index is 5.41. The summed E-state index contributed by atoms with van der Waals surface area (Å²) in [4.78, 5) is 4.38. The van der Waals surface area contributed by atoms with Crippen LogP contribution in [-0.4, -0.2) is 28.4 Å². The second-order valence-corrected chi connectivity index (χ2v) is 13.5. The lowest BCUT2D eigenvalue weighted by Crippen LogP contribution is -2.11. The monoisotopic (exact) mass is 760 g/mol. The molecule has 0 atom stereocenters. The van der Waals surface area contributed by atoms with Crippen LogP contribution in [0, 0.1) is 37.5 Å². The summed E-state index contributed by atoms with van der Waals surface area (Å²) < 4.78 is 21.6. The molecule has 7 aromatic rings. The number of methoxy groups -OCH3 is 4.